The first-order chi connectivity index (χ1) is 26.0. The standard InChI is InChI=1S/C46H40N2O4S/c1-34(32-35-22-26-38(27-23-35)37-14-6-2-7-15-37)47-52-31-30-51-42-28-24-36(25-29-42)33-43-44(49)48(45(50)53-43)46(39-16-8-3-9-17-39,40-18-10-4-11-19-40)41-20-12-5-13-21-41/h2-29,32,47,49H,30-31,33H2,1H3. The highest BCUT2D eigenvalue weighted by Gasteiger charge is 2.42. The van der Waals surface area contributed by atoms with Crippen LogP contribution in [0.3, 0.4) is 0 Å². The molecule has 0 atom stereocenters. The summed E-state index contributed by atoms with van der Waals surface area (Å²) in [5.41, 5.74) is 9.80. The minimum atomic E-state index is -1.09. The Labute approximate surface area is 313 Å². The van der Waals surface area contributed by atoms with Crippen molar-refractivity contribution in [2.24, 2.45) is 0 Å². The van der Waals surface area contributed by atoms with Crippen molar-refractivity contribution in [2.45, 2.75) is 18.9 Å². The fraction of sp³-hybridized carbons (Fsp3) is 0.109. The number of aromatic nitrogens is 1. The predicted octanol–water partition coefficient (Wildman–Crippen LogP) is 9.67. The zero-order valence-corrected chi connectivity index (χ0v) is 30.2. The van der Waals surface area contributed by atoms with E-state index in [0.717, 1.165) is 44.9 Å². The van der Waals surface area contributed by atoms with Crippen molar-refractivity contribution in [3.05, 3.63) is 218 Å². The van der Waals surface area contributed by atoms with Crippen LogP contribution in [0.1, 0.15) is 39.6 Å². The first-order valence-electron chi connectivity index (χ1n) is 17.6. The van der Waals surface area contributed by atoms with Crippen molar-refractivity contribution in [3.8, 4) is 22.8 Å². The summed E-state index contributed by atoms with van der Waals surface area (Å²) in [7, 11) is 0. The van der Waals surface area contributed by atoms with E-state index in [-0.39, 0.29) is 10.8 Å². The summed E-state index contributed by atoms with van der Waals surface area (Å²) in [5, 5.41) is 11.9. The van der Waals surface area contributed by atoms with Gasteiger partial charge in [0, 0.05) is 12.1 Å². The van der Waals surface area contributed by atoms with E-state index in [9.17, 15) is 9.90 Å². The summed E-state index contributed by atoms with van der Waals surface area (Å²) in [4.78, 5) is 20.0. The minimum Gasteiger partial charge on any atom is -0.494 e. The Balaban J connectivity index is 1.00. The van der Waals surface area contributed by atoms with Crippen LogP contribution < -0.4 is 15.1 Å². The first kappa shape index (κ1) is 35.3. The van der Waals surface area contributed by atoms with Crippen molar-refractivity contribution in [2.75, 3.05) is 13.2 Å². The van der Waals surface area contributed by atoms with E-state index in [0.29, 0.717) is 30.3 Å². The minimum absolute atomic E-state index is 0.0462. The Kier molecular flexibility index (Phi) is 11.0. The number of hydrogen-bond donors (Lipinski definition) is 2. The molecule has 0 aliphatic rings. The van der Waals surface area contributed by atoms with Crippen molar-refractivity contribution < 1.29 is 14.7 Å². The zero-order chi connectivity index (χ0) is 36.5. The molecule has 0 radical (unpaired) electrons. The topological polar surface area (TPSA) is 72.7 Å². The lowest BCUT2D eigenvalue weighted by Gasteiger charge is -2.37. The smallest absolute Gasteiger partial charge is 0.311 e. The maximum Gasteiger partial charge on any atom is 0.311 e. The number of thiazole rings is 1. The predicted molar refractivity (Wildman–Crippen MR) is 214 cm³/mol. The van der Waals surface area contributed by atoms with Gasteiger partial charge in [-0.25, -0.2) is 0 Å². The summed E-state index contributed by atoms with van der Waals surface area (Å²) < 4.78 is 7.47. The molecule has 0 saturated carbocycles. The number of nitrogens with zero attached hydrogens (tertiary/aromatic N) is 1. The van der Waals surface area contributed by atoms with E-state index in [1.54, 1.807) is 4.57 Å². The van der Waals surface area contributed by atoms with Gasteiger partial charge in [-0.05, 0) is 64.1 Å². The highest BCUT2D eigenvalue weighted by atomic mass is 32.1. The molecule has 264 valence electrons. The summed E-state index contributed by atoms with van der Waals surface area (Å²) in [5.74, 6) is 0.657. The van der Waals surface area contributed by atoms with Gasteiger partial charge in [-0.2, -0.15) is 0 Å². The summed E-state index contributed by atoms with van der Waals surface area (Å²) >= 11 is 1.07. The largest absolute Gasteiger partial charge is 0.494 e. The van der Waals surface area contributed by atoms with E-state index >= 15 is 0 Å². The second kappa shape index (κ2) is 16.5. The summed E-state index contributed by atoms with van der Waals surface area (Å²) in [6, 6.07) is 56.1. The van der Waals surface area contributed by atoms with Crippen molar-refractivity contribution in [1.82, 2.24) is 10.0 Å². The third kappa shape index (κ3) is 7.87. The van der Waals surface area contributed by atoms with Gasteiger partial charge < -0.3 is 9.84 Å². The highest BCUT2D eigenvalue weighted by molar-refractivity contribution is 7.09. The number of benzene rings is 6. The molecule has 1 aromatic heterocycles. The lowest BCUT2D eigenvalue weighted by Crippen LogP contribution is -2.42. The number of hydrogen-bond acceptors (Lipinski definition) is 6. The second-order valence-corrected chi connectivity index (χ2v) is 13.7. The van der Waals surface area contributed by atoms with Crippen LogP contribution in [0.15, 0.2) is 180 Å². The van der Waals surface area contributed by atoms with E-state index in [1.165, 1.54) is 11.1 Å². The van der Waals surface area contributed by atoms with Crippen molar-refractivity contribution in [1.29, 1.82) is 0 Å². The fourth-order valence-electron chi connectivity index (χ4n) is 6.68. The normalized spacial score (nSPS) is 11.7. The lowest BCUT2D eigenvalue weighted by molar-refractivity contribution is 0.0416. The number of allylic oxidation sites excluding steroid dienone is 1. The Bertz CT molecular complexity index is 2210. The zero-order valence-electron chi connectivity index (χ0n) is 29.4. The molecular formula is C46H40N2O4S. The third-order valence-corrected chi connectivity index (χ3v) is 10.1. The molecule has 0 fully saturated rings. The molecule has 0 bridgehead atoms. The quantitative estimate of drug-likeness (QED) is 0.0667. The van der Waals surface area contributed by atoms with Crippen LogP contribution in [0.2, 0.25) is 0 Å². The number of ether oxygens (including phenoxy) is 1. The Morgan fingerprint density at radius 2 is 1.19 bits per heavy atom. The SMILES string of the molecule is CC(=Cc1ccc(-c2ccccc2)cc1)NOCCOc1ccc(Cc2sc(=O)n(C(c3ccccc3)(c3ccccc3)c3ccccc3)c2O)cc1. The van der Waals surface area contributed by atoms with Gasteiger partial charge in [0.05, 0.1) is 4.88 Å². The van der Waals surface area contributed by atoms with E-state index in [1.807, 2.05) is 146 Å². The van der Waals surface area contributed by atoms with Gasteiger partial charge in [-0.1, -0.05) is 169 Å². The number of hydroxylamine groups is 1. The molecule has 0 aliphatic heterocycles. The van der Waals surface area contributed by atoms with Gasteiger partial charge in [-0.3, -0.25) is 19.7 Å². The first-order valence-corrected chi connectivity index (χ1v) is 18.4. The molecule has 6 aromatic carbocycles. The van der Waals surface area contributed by atoms with Gasteiger partial charge in [0.25, 0.3) is 0 Å². The third-order valence-electron chi connectivity index (χ3n) is 9.14. The molecule has 0 saturated heterocycles. The molecule has 0 spiro atoms. The van der Waals surface area contributed by atoms with Gasteiger partial charge in [0.15, 0.2) is 0 Å². The van der Waals surface area contributed by atoms with Gasteiger partial charge >= 0.3 is 4.87 Å². The van der Waals surface area contributed by atoms with Gasteiger partial charge in [-0.15, -0.1) is 0 Å². The van der Waals surface area contributed by atoms with Crippen molar-refractivity contribution >= 4 is 17.4 Å². The molecule has 0 amide bonds. The van der Waals surface area contributed by atoms with Gasteiger partial charge in [0.2, 0.25) is 5.88 Å². The molecular weight excluding hydrogens is 677 g/mol. The molecule has 2 N–H and O–H groups in total. The molecule has 7 heteroatoms. The Morgan fingerprint density at radius 3 is 1.74 bits per heavy atom. The maximum atomic E-state index is 14.0. The van der Waals surface area contributed by atoms with E-state index in [4.69, 9.17) is 9.57 Å². The molecule has 7 aromatic rings. The molecule has 0 unspecified atom stereocenters. The van der Waals surface area contributed by atoms with Crippen LogP contribution in [0.25, 0.3) is 17.2 Å². The fourth-order valence-corrected chi connectivity index (χ4v) is 7.63. The van der Waals surface area contributed by atoms with Crippen molar-refractivity contribution in [3.63, 3.8) is 0 Å². The highest BCUT2D eigenvalue weighted by Crippen LogP contribution is 2.43. The average molecular weight is 717 g/mol. The summed E-state index contributed by atoms with van der Waals surface area (Å²) in [6.45, 7) is 2.66. The van der Waals surface area contributed by atoms with Crippen LogP contribution >= 0.6 is 11.3 Å². The Morgan fingerprint density at radius 1 is 0.679 bits per heavy atom. The van der Waals surface area contributed by atoms with E-state index in [2.05, 4.69) is 41.9 Å². The number of aromatic hydroxyl groups is 1. The lowest BCUT2D eigenvalue weighted by atomic mass is 9.76. The van der Waals surface area contributed by atoms with Crippen LogP contribution in [-0.2, 0) is 16.8 Å². The Hall–Kier alpha value is -6.15. The molecule has 53 heavy (non-hydrogen) atoms. The maximum absolute atomic E-state index is 14.0. The number of rotatable bonds is 14. The molecule has 7 rings (SSSR count). The van der Waals surface area contributed by atoms with Crippen LogP contribution in [0, 0.1) is 0 Å². The molecule has 0 aliphatic carbocycles. The second-order valence-electron chi connectivity index (χ2n) is 12.7. The number of nitrogens with one attached hydrogen (secondary N) is 1. The molecule has 1 heterocycles. The van der Waals surface area contributed by atoms with Crippen LogP contribution in [0.4, 0.5) is 0 Å². The summed E-state index contributed by atoms with van der Waals surface area (Å²) in [6.07, 6.45) is 2.42. The van der Waals surface area contributed by atoms with Crippen LogP contribution in [0.5, 0.6) is 11.6 Å². The average Bonchev–Trinajstić information content (AvgIpc) is 3.49. The monoisotopic (exact) mass is 716 g/mol. The van der Waals surface area contributed by atoms with E-state index < -0.39 is 5.54 Å². The van der Waals surface area contributed by atoms with Crippen LogP contribution in [-0.4, -0.2) is 22.9 Å². The van der Waals surface area contributed by atoms with Gasteiger partial charge in [0.1, 0.15) is 24.5 Å². The molecule has 6 nitrogen and oxygen atoms in total.